The third-order valence-corrected chi connectivity index (χ3v) is 3.26. The van der Waals surface area contributed by atoms with Crippen molar-refractivity contribution in [2.45, 2.75) is 12.4 Å². The monoisotopic (exact) mass is 273 g/mol. The molecule has 0 aliphatic heterocycles. The second kappa shape index (κ2) is 4.99. The molecule has 1 aromatic heterocycles. The molecule has 0 fully saturated rings. The number of hydrogen-bond donors (Lipinski definition) is 1. The molecular weight excluding hydrogens is 263 g/mol. The van der Waals surface area contributed by atoms with E-state index in [1.54, 1.807) is 6.07 Å². The van der Waals surface area contributed by atoms with E-state index >= 15 is 0 Å². The normalized spacial score (nSPS) is 13.3. The van der Waals surface area contributed by atoms with Crippen LogP contribution in [0.5, 0.6) is 5.75 Å². The first-order valence-electron chi connectivity index (χ1n) is 5.10. The van der Waals surface area contributed by atoms with Gasteiger partial charge in [-0.15, -0.1) is 24.5 Å². The molecule has 96 valence electrons. The molecule has 0 radical (unpaired) electrons. The predicted octanol–water partition coefficient (Wildman–Crippen LogP) is 3.69. The first-order valence-corrected chi connectivity index (χ1v) is 5.98. The van der Waals surface area contributed by atoms with Crippen LogP contribution in [0.15, 0.2) is 41.8 Å². The lowest BCUT2D eigenvalue weighted by Crippen LogP contribution is -2.17. The SMILES string of the molecule is N[C@@H](c1cccc(OC(F)(F)F)c1)c1cccs1. The minimum Gasteiger partial charge on any atom is -0.406 e. The van der Waals surface area contributed by atoms with Crippen molar-refractivity contribution in [1.82, 2.24) is 0 Å². The maximum absolute atomic E-state index is 12.1. The zero-order valence-corrected chi connectivity index (χ0v) is 9.96. The Morgan fingerprint density at radius 3 is 2.56 bits per heavy atom. The summed E-state index contributed by atoms with van der Waals surface area (Å²) in [5.74, 6) is -0.257. The molecule has 0 unspecified atom stereocenters. The number of benzene rings is 1. The molecule has 0 saturated heterocycles. The highest BCUT2D eigenvalue weighted by Gasteiger charge is 2.31. The number of hydrogen-bond acceptors (Lipinski definition) is 3. The largest absolute Gasteiger partial charge is 0.573 e. The van der Waals surface area contributed by atoms with Gasteiger partial charge in [-0.3, -0.25) is 0 Å². The highest BCUT2D eigenvalue weighted by Crippen LogP contribution is 2.28. The first kappa shape index (κ1) is 12.9. The number of rotatable bonds is 3. The molecular formula is C12H10F3NOS. The number of nitrogens with two attached hydrogens (primary N) is 1. The van der Waals surface area contributed by atoms with Crippen LogP contribution in [0.3, 0.4) is 0 Å². The van der Waals surface area contributed by atoms with Crippen molar-refractivity contribution < 1.29 is 17.9 Å². The Balaban J connectivity index is 2.22. The van der Waals surface area contributed by atoms with Crippen molar-refractivity contribution >= 4 is 11.3 Å². The van der Waals surface area contributed by atoms with Crippen LogP contribution < -0.4 is 10.5 Å². The first-order chi connectivity index (χ1) is 8.46. The molecule has 2 nitrogen and oxygen atoms in total. The average molecular weight is 273 g/mol. The van der Waals surface area contributed by atoms with Crippen molar-refractivity contribution in [3.05, 3.63) is 52.2 Å². The van der Waals surface area contributed by atoms with Crippen LogP contribution in [-0.4, -0.2) is 6.36 Å². The van der Waals surface area contributed by atoms with Crippen molar-refractivity contribution in [2.75, 3.05) is 0 Å². The van der Waals surface area contributed by atoms with E-state index in [4.69, 9.17) is 5.73 Å². The van der Waals surface area contributed by atoms with E-state index in [0.717, 1.165) is 4.88 Å². The maximum Gasteiger partial charge on any atom is 0.573 e. The van der Waals surface area contributed by atoms with E-state index in [0.29, 0.717) is 5.56 Å². The molecule has 0 saturated carbocycles. The molecule has 2 rings (SSSR count). The molecule has 6 heteroatoms. The van der Waals surface area contributed by atoms with Gasteiger partial charge >= 0.3 is 6.36 Å². The quantitative estimate of drug-likeness (QED) is 0.925. The van der Waals surface area contributed by atoms with E-state index in [-0.39, 0.29) is 5.75 Å². The molecule has 1 heterocycles. The second-order valence-corrected chi connectivity index (χ2v) is 4.59. The van der Waals surface area contributed by atoms with E-state index in [9.17, 15) is 13.2 Å². The van der Waals surface area contributed by atoms with E-state index in [2.05, 4.69) is 4.74 Å². The second-order valence-electron chi connectivity index (χ2n) is 3.61. The molecule has 0 aliphatic carbocycles. The molecule has 18 heavy (non-hydrogen) atoms. The van der Waals surface area contributed by atoms with Crippen LogP contribution in [0.4, 0.5) is 13.2 Å². The molecule has 1 atom stereocenters. The van der Waals surface area contributed by atoms with Gasteiger partial charge in [-0.05, 0) is 29.1 Å². The van der Waals surface area contributed by atoms with Gasteiger partial charge in [-0.1, -0.05) is 18.2 Å². The van der Waals surface area contributed by atoms with Crippen molar-refractivity contribution in [1.29, 1.82) is 0 Å². The maximum atomic E-state index is 12.1. The summed E-state index contributed by atoms with van der Waals surface area (Å²) in [6, 6.07) is 8.96. The van der Waals surface area contributed by atoms with E-state index in [1.165, 1.54) is 29.5 Å². The van der Waals surface area contributed by atoms with Gasteiger partial charge < -0.3 is 10.5 Å². The van der Waals surface area contributed by atoms with Crippen molar-refractivity contribution in [3.63, 3.8) is 0 Å². The standard InChI is InChI=1S/C12H10F3NOS/c13-12(14,15)17-9-4-1-3-8(7-9)11(16)10-5-2-6-18-10/h1-7,11H,16H2/t11-/m0/s1. The summed E-state index contributed by atoms with van der Waals surface area (Å²) in [5, 5.41) is 1.87. The fraction of sp³-hybridized carbons (Fsp3) is 0.167. The van der Waals surface area contributed by atoms with Gasteiger partial charge in [0.25, 0.3) is 0 Å². The average Bonchev–Trinajstić information content (AvgIpc) is 2.79. The van der Waals surface area contributed by atoms with Gasteiger partial charge in [-0.25, -0.2) is 0 Å². The van der Waals surface area contributed by atoms with Crippen LogP contribution in [0.25, 0.3) is 0 Å². The van der Waals surface area contributed by atoms with Gasteiger partial charge in [-0.2, -0.15) is 0 Å². The zero-order chi connectivity index (χ0) is 13.2. The lowest BCUT2D eigenvalue weighted by Gasteiger charge is -2.13. The van der Waals surface area contributed by atoms with Crippen LogP contribution in [0.2, 0.25) is 0 Å². The Morgan fingerprint density at radius 1 is 1.17 bits per heavy atom. The number of alkyl halides is 3. The summed E-state index contributed by atoms with van der Waals surface area (Å²) in [4.78, 5) is 0.888. The zero-order valence-electron chi connectivity index (χ0n) is 9.15. The Bertz CT molecular complexity index is 510. The predicted molar refractivity (Wildman–Crippen MR) is 63.5 cm³/mol. The third kappa shape index (κ3) is 3.24. The molecule has 0 aliphatic rings. The lowest BCUT2D eigenvalue weighted by molar-refractivity contribution is -0.274. The Morgan fingerprint density at radius 2 is 1.94 bits per heavy atom. The summed E-state index contributed by atoms with van der Waals surface area (Å²) < 4.78 is 40.1. The summed E-state index contributed by atoms with van der Waals surface area (Å²) in [6.07, 6.45) is -4.69. The lowest BCUT2D eigenvalue weighted by atomic mass is 10.1. The third-order valence-electron chi connectivity index (χ3n) is 2.30. The van der Waals surface area contributed by atoms with Crippen molar-refractivity contribution in [3.8, 4) is 5.75 Å². The minimum atomic E-state index is -4.69. The highest BCUT2D eigenvalue weighted by molar-refractivity contribution is 7.10. The van der Waals surface area contributed by atoms with Gasteiger partial charge in [0, 0.05) is 4.88 Å². The topological polar surface area (TPSA) is 35.2 Å². The smallest absolute Gasteiger partial charge is 0.406 e. The number of ether oxygens (including phenoxy) is 1. The number of thiophene rings is 1. The van der Waals surface area contributed by atoms with Gasteiger partial charge in [0.2, 0.25) is 0 Å². The molecule has 0 bridgehead atoms. The molecule has 0 spiro atoms. The summed E-state index contributed by atoms with van der Waals surface area (Å²) in [5.41, 5.74) is 6.55. The molecule has 1 aromatic carbocycles. The highest BCUT2D eigenvalue weighted by atomic mass is 32.1. The Kier molecular flexibility index (Phi) is 3.58. The Hall–Kier alpha value is -1.53. The fourth-order valence-electron chi connectivity index (χ4n) is 1.54. The van der Waals surface area contributed by atoms with E-state index in [1.807, 2.05) is 17.5 Å². The van der Waals surface area contributed by atoms with E-state index < -0.39 is 12.4 Å². The van der Waals surface area contributed by atoms with Crippen molar-refractivity contribution in [2.24, 2.45) is 5.73 Å². The van der Waals surface area contributed by atoms with Gasteiger partial charge in [0.05, 0.1) is 6.04 Å². The minimum absolute atomic E-state index is 0.257. The van der Waals surface area contributed by atoms with Gasteiger partial charge in [0.1, 0.15) is 5.75 Å². The molecule has 2 aromatic rings. The van der Waals surface area contributed by atoms with Crippen LogP contribution in [0, 0.1) is 0 Å². The summed E-state index contributed by atoms with van der Waals surface area (Å²) in [7, 11) is 0. The number of halogens is 3. The fourth-order valence-corrected chi connectivity index (χ4v) is 2.29. The van der Waals surface area contributed by atoms with Crippen LogP contribution in [-0.2, 0) is 0 Å². The van der Waals surface area contributed by atoms with Crippen LogP contribution >= 0.6 is 11.3 Å². The summed E-state index contributed by atoms with van der Waals surface area (Å²) >= 11 is 1.46. The Labute approximate surface area is 106 Å². The molecule has 2 N–H and O–H groups in total. The molecule has 0 amide bonds. The van der Waals surface area contributed by atoms with Crippen LogP contribution in [0.1, 0.15) is 16.5 Å². The summed E-state index contributed by atoms with van der Waals surface area (Å²) in [6.45, 7) is 0. The van der Waals surface area contributed by atoms with Gasteiger partial charge in [0.15, 0.2) is 0 Å².